The molecular formula is C22H45N2O+. The number of aliphatic hydroxyl groups is 1. The van der Waals surface area contributed by atoms with Gasteiger partial charge in [-0.1, -0.05) is 96.8 Å². The molecule has 0 aromatic heterocycles. The van der Waals surface area contributed by atoms with E-state index in [4.69, 9.17) is 5.11 Å². The van der Waals surface area contributed by atoms with Crippen LogP contribution in [0.25, 0.3) is 0 Å². The van der Waals surface area contributed by atoms with Crippen molar-refractivity contribution in [2.24, 2.45) is 0 Å². The van der Waals surface area contributed by atoms with Crippen LogP contribution in [0.3, 0.4) is 0 Å². The molecule has 0 aromatic carbocycles. The van der Waals surface area contributed by atoms with E-state index in [0.717, 1.165) is 26.1 Å². The largest absolute Gasteiger partial charge is 0.392 e. The Bertz CT molecular complexity index is 328. The number of unbranched alkanes of at least 4 members (excludes halogenated alkanes) is 14. The Morgan fingerprint density at radius 2 is 1.24 bits per heavy atom. The van der Waals surface area contributed by atoms with E-state index in [9.17, 15) is 0 Å². The molecule has 0 aliphatic carbocycles. The molecular weight excluding hydrogens is 308 g/mol. The lowest BCUT2D eigenvalue weighted by molar-refractivity contribution is -0.521. The van der Waals surface area contributed by atoms with Crippen LogP contribution in [0, 0.1) is 0 Å². The first kappa shape index (κ1) is 22.5. The monoisotopic (exact) mass is 353 g/mol. The number of nitrogens with zero attached hydrogens (tertiary/aromatic N) is 1. The number of hydrogen-bond donors (Lipinski definition) is 2. The van der Waals surface area contributed by atoms with E-state index in [0.29, 0.717) is 0 Å². The molecule has 1 aliphatic heterocycles. The minimum absolute atomic E-state index is 0.268. The van der Waals surface area contributed by atoms with Crippen molar-refractivity contribution >= 4 is 5.84 Å². The summed E-state index contributed by atoms with van der Waals surface area (Å²) in [5.41, 5.74) is 0. The van der Waals surface area contributed by atoms with Gasteiger partial charge in [-0.2, -0.15) is 0 Å². The zero-order valence-electron chi connectivity index (χ0n) is 17.0. The van der Waals surface area contributed by atoms with Gasteiger partial charge < -0.3 is 5.11 Å². The number of aliphatic hydroxyl groups excluding tert-OH is 1. The Labute approximate surface area is 157 Å². The third-order valence-corrected chi connectivity index (χ3v) is 5.48. The first-order valence-corrected chi connectivity index (χ1v) is 11.3. The standard InChI is InChI=1S/C22H44N2O/c1-2-3-4-5-6-7-8-9-10-11-12-13-14-15-16-17-22-23-18-19-24(22)20-21-25/h25H,2-21H2,1H3/p+1. The Kier molecular flexibility index (Phi) is 15.2. The first-order chi connectivity index (χ1) is 12.4. The Morgan fingerprint density at radius 1 is 0.760 bits per heavy atom. The SMILES string of the molecule is CCCCCCCCCCCCCCCCCC1=[N+](CCO)CCN1. The molecule has 3 heteroatoms. The first-order valence-electron chi connectivity index (χ1n) is 11.3. The summed E-state index contributed by atoms with van der Waals surface area (Å²) in [6.45, 7) is 5.46. The summed E-state index contributed by atoms with van der Waals surface area (Å²) >= 11 is 0. The second-order valence-electron chi connectivity index (χ2n) is 7.78. The summed E-state index contributed by atoms with van der Waals surface area (Å²) in [4.78, 5) is 0. The molecule has 148 valence electrons. The van der Waals surface area contributed by atoms with E-state index < -0.39 is 0 Å². The zero-order chi connectivity index (χ0) is 18.0. The summed E-state index contributed by atoms with van der Waals surface area (Å²) in [6.07, 6.45) is 22.5. The summed E-state index contributed by atoms with van der Waals surface area (Å²) in [5, 5.41) is 12.5. The van der Waals surface area contributed by atoms with E-state index in [1.54, 1.807) is 0 Å². The topological polar surface area (TPSA) is 35.3 Å². The highest BCUT2D eigenvalue weighted by molar-refractivity contribution is 5.78. The van der Waals surface area contributed by atoms with Gasteiger partial charge in [0.25, 0.3) is 0 Å². The molecule has 0 aromatic rings. The van der Waals surface area contributed by atoms with Crippen molar-refractivity contribution in [1.29, 1.82) is 0 Å². The van der Waals surface area contributed by atoms with E-state index in [1.165, 1.54) is 102 Å². The second-order valence-corrected chi connectivity index (χ2v) is 7.78. The number of rotatable bonds is 18. The van der Waals surface area contributed by atoms with Gasteiger partial charge in [0, 0.05) is 6.42 Å². The molecule has 0 atom stereocenters. The molecule has 0 amide bonds. The predicted octanol–water partition coefficient (Wildman–Crippen LogP) is 5.25. The van der Waals surface area contributed by atoms with Gasteiger partial charge in [0.15, 0.2) is 0 Å². The van der Waals surface area contributed by atoms with E-state index in [-0.39, 0.29) is 6.61 Å². The highest BCUT2D eigenvalue weighted by atomic mass is 16.3. The Hall–Kier alpha value is -0.570. The summed E-state index contributed by atoms with van der Waals surface area (Å²) in [7, 11) is 0. The maximum Gasteiger partial charge on any atom is 0.245 e. The van der Waals surface area contributed by atoms with Gasteiger partial charge in [0.05, 0.1) is 6.61 Å². The highest BCUT2D eigenvalue weighted by Gasteiger charge is 2.19. The van der Waals surface area contributed by atoms with Gasteiger partial charge in [-0.25, -0.2) is 0 Å². The third kappa shape index (κ3) is 12.4. The molecule has 1 heterocycles. The molecule has 0 saturated carbocycles. The van der Waals surface area contributed by atoms with Gasteiger partial charge >= 0.3 is 0 Å². The van der Waals surface area contributed by atoms with Crippen molar-refractivity contribution in [1.82, 2.24) is 5.32 Å². The summed E-state index contributed by atoms with van der Waals surface area (Å²) in [6, 6.07) is 0. The van der Waals surface area contributed by atoms with Crippen LogP contribution in [-0.2, 0) is 0 Å². The van der Waals surface area contributed by atoms with Gasteiger partial charge in [-0.15, -0.1) is 0 Å². The lowest BCUT2D eigenvalue weighted by atomic mass is 10.0. The Morgan fingerprint density at radius 3 is 1.72 bits per heavy atom. The fourth-order valence-corrected chi connectivity index (χ4v) is 3.86. The van der Waals surface area contributed by atoms with Crippen LogP contribution in [0.15, 0.2) is 0 Å². The minimum atomic E-state index is 0.268. The van der Waals surface area contributed by atoms with Crippen molar-refractivity contribution in [2.45, 2.75) is 110 Å². The van der Waals surface area contributed by atoms with Crippen LogP contribution < -0.4 is 5.32 Å². The minimum Gasteiger partial charge on any atom is -0.392 e. The lowest BCUT2D eigenvalue weighted by Crippen LogP contribution is -2.24. The normalized spacial score (nSPS) is 14.3. The smallest absolute Gasteiger partial charge is 0.245 e. The number of amidine groups is 1. The van der Waals surface area contributed by atoms with Crippen molar-refractivity contribution in [3.05, 3.63) is 0 Å². The van der Waals surface area contributed by atoms with Crippen LogP contribution in [-0.4, -0.2) is 41.8 Å². The molecule has 25 heavy (non-hydrogen) atoms. The average Bonchev–Trinajstić information content (AvgIpc) is 3.06. The fourth-order valence-electron chi connectivity index (χ4n) is 3.86. The second kappa shape index (κ2) is 16.9. The van der Waals surface area contributed by atoms with Gasteiger partial charge in [-0.3, -0.25) is 9.89 Å². The van der Waals surface area contributed by atoms with Crippen molar-refractivity contribution in [3.63, 3.8) is 0 Å². The van der Waals surface area contributed by atoms with Crippen molar-refractivity contribution in [2.75, 3.05) is 26.2 Å². The number of hydrogen-bond acceptors (Lipinski definition) is 2. The van der Waals surface area contributed by atoms with Crippen LogP contribution >= 0.6 is 0 Å². The van der Waals surface area contributed by atoms with Crippen LogP contribution in [0.4, 0.5) is 0 Å². The number of nitrogens with one attached hydrogen (secondary N) is 1. The Balaban J connectivity index is 1.78. The molecule has 3 nitrogen and oxygen atoms in total. The molecule has 0 bridgehead atoms. The van der Waals surface area contributed by atoms with Gasteiger partial charge in [0.2, 0.25) is 5.84 Å². The molecule has 0 saturated heterocycles. The molecule has 0 radical (unpaired) electrons. The van der Waals surface area contributed by atoms with E-state index >= 15 is 0 Å². The molecule has 0 spiro atoms. The van der Waals surface area contributed by atoms with E-state index in [2.05, 4.69) is 16.8 Å². The third-order valence-electron chi connectivity index (χ3n) is 5.48. The lowest BCUT2D eigenvalue weighted by Gasteiger charge is -2.04. The van der Waals surface area contributed by atoms with Crippen molar-refractivity contribution < 1.29 is 9.68 Å². The van der Waals surface area contributed by atoms with Gasteiger partial charge in [-0.05, 0) is 6.42 Å². The zero-order valence-corrected chi connectivity index (χ0v) is 17.0. The molecule has 0 unspecified atom stereocenters. The van der Waals surface area contributed by atoms with E-state index in [1.807, 2.05) is 0 Å². The van der Waals surface area contributed by atoms with Crippen LogP contribution in [0.5, 0.6) is 0 Å². The van der Waals surface area contributed by atoms with Crippen molar-refractivity contribution in [3.8, 4) is 0 Å². The highest BCUT2D eigenvalue weighted by Crippen LogP contribution is 2.13. The quantitative estimate of drug-likeness (QED) is 0.261. The maximum atomic E-state index is 9.07. The van der Waals surface area contributed by atoms with Crippen LogP contribution in [0.1, 0.15) is 110 Å². The average molecular weight is 354 g/mol. The predicted molar refractivity (Wildman–Crippen MR) is 110 cm³/mol. The van der Waals surface area contributed by atoms with Crippen LogP contribution in [0.2, 0.25) is 0 Å². The maximum absolute atomic E-state index is 9.07. The summed E-state index contributed by atoms with van der Waals surface area (Å²) < 4.78 is 2.31. The molecule has 0 fully saturated rings. The summed E-state index contributed by atoms with van der Waals surface area (Å²) in [5.74, 6) is 1.36. The number of β-amino-alcohol motifs (C(OH)–C–C–N with tert-alkyl or cyclic N) is 1. The van der Waals surface area contributed by atoms with Gasteiger partial charge in [0.1, 0.15) is 19.6 Å². The molecule has 2 N–H and O–H groups in total. The molecule has 1 aliphatic rings. The fraction of sp³-hybridized carbons (Fsp3) is 0.955. The molecule has 1 rings (SSSR count).